The fraction of sp³-hybridized carbons (Fsp3) is 0.0833. The highest BCUT2D eigenvalue weighted by atomic mass is 32.2. The van der Waals surface area contributed by atoms with E-state index in [1.807, 2.05) is 6.07 Å². The average molecular weight is 298 g/mol. The van der Waals surface area contributed by atoms with Crippen molar-refractivity contribution in [2.24, 2.45) is 0 Å². The van der Waals surface area contributed by atoms with Gasteiger partial charge in [-0.3, -0.25) is 9.35 Å². The van der Waals surface area contributed by atoms with E-state index >= 15 is 0 Å². The van der Waals surface area contributed by atoms with E-state index in [4.69, 9.17) is 9.29 Å². The maximum absolute atomic E-state index is 11.3. The van der Waals surface area contributed by atoms with Gasteiger partial charge in [0.1, 0.15) is 4.90 Å². The summed E-state index contributed by atoms with van der Waals surface area (Å²) in [6.45, 7) is 1.17. The van der Waals surface area contributed by atoms with Gasteiger partial charge < -0.3 is 4.74 Å². The number of carbonyl (C=O) groups excluding carboxylic acids is 1. The Balaban J connectivity index is 2.63. The Morgan fingerprint density at radius 1 is 1.26 bits per heavy atom. The molecule has 19 heavy (non-hydrogen) atoms. The van der Waals surface area contributed by atoms with E-state index in [1.54, 1.807) is 24.3 Å². The highest BCUT2D eigenvalue weighted by molar-refractivity contribution is 7.86. The molecule has 0 atom stereocenters. The Morgan fingerprint density at radius 2 is 1.89 bits per heavy atom. The molecule has 1 aromatic heterocycles. The fourth-order valence-corrected chi connectivity index (χ4v) is 3.47. The third-order valence-electron chi connectivity index (χ3n) is 2.27. The van der Waals surface area contributed by atoms with Gasteiger partial charge in [0.25, 0.3) is 10.1 Å². The van der Waals surface area contributed by atoms with Crippen molar-refractivity contribution in [1.29, 1.82) is 0 Å². The van der Waals surface area contributed by atoms with Crippen LogP contribution in [0.3, 0.4) is 0 Å². The first-order valence-corrected chi connectivity index (χ1v) is 7.54. The van der Waals surface area contributed by atoms with Gasteiger partial charge in [-0.05, 0) is 5.56 Å². The first kappa shape index (κ1) is 13.7. The lowest BCUT2D eigenvalue weighted by atomic mass is 10.2. The topological polar surface area (TPSA) is 80.7 Å². The van der Waals surface area contributed by atoms with Crippen molar-refractivity contribution >= 4 is 27.4 Å². The van der Waals surface area contributed by atoms with Crippen molar-refractivity contribution in [3.63, 3.8) is 0 Å². The van der Waals surface area contributed by atoms with Gasteiger partial charge in [0.15, 0.2) is 5.75 Å². The molecule has 0 saturated carbocycles. The van der Waals surface area contributed by atoms with E-state index in [1.165, 1.54) is 12.3 Å². The van der Waals surface area contributed by atoms with Crippen molar-refractivity contribution in [3.8, 4) is 16.2 Å². The number of carbonyl (C=O) groups is 1. The first-order chi connectivity index (χ1) is 8.89. The van der Waals surface area contributed by atoms with Crippen LogP contribution in [0.25, 0.3) is 10.4 Å². The van der Waals surface area contributed by atoms with Gasteiger partial charge >= 0.3 is 5.97 Å². The SMILES string of the molecule is CC(=O)Oc1c(S(=O)(=O)O)csc1-c1ccccc1. The molecule has 0 spiro atoms. The van der Waals surface area contributed by atoms with E-state index in [0.29, 0.717) is 10.4 Å². The summed E-state index contributed by atoms with van der Waals surface area (Å²) in [7, 11) is -4.43. The van der Waals surface area contributed by atoms with Crippen LogP contribution in [-0.4, -0.2) is 18.9 Å². The molecule has 7 heteroatoms. The van der Waals surface area contributed by atoms with E-state index in [2.05, 4.69) is 0 Å². The summed E-state index contributed by atoms with van der Waals surface area (Å²) in [4.78, 5) is 11.2. The Bertz CT molecular complexity index is 701. The molecule has 1 N–H and O–H groups in total. The van der Waals surface area contributed by atoms with Crippen LogP contribution in [0.1, 0.15) is 6.92 Å². The molecule has 0 unspecified atom stereocenters. The highest BCUT2D eigenvalue weighted by Gasteiger charge is 2.24. The van der Waals surface area contributed by atoms with Gasteiger partial charge in [-0.25, -0.2) is 0 Å². The summed E-state index contributed by atoms with van der Waals surface area (Å²) in [5.74, 6) is -0.785. The molecule has 2 rings (SSSR count). The maximum Gasteiger partial charge on any atom is 0.308 e. The molecular formula is C12H10O5S2. The van der Waals surface area contributed by atoms with Gasteiger partial charge in [-0.1, -0.05) is 30.3 Å². The fourth-order valence-electron chi connectivity index (χ4n) is 1.54. The lowest BCUT2D eigenvalue weighted by Crippen LogP contribution is -2.06. The summed E-state index contributed by atoms with van der Waals surface area (Å²) >= 11 is 1.08. The van der Waals surface area contributed by atoms with Crippen LogP contribution >= 0.6 is 11.3 Å². The Morgan fingerprint density at radius 3 is 2.42 bits per heavy atom. The molecule has 1 heterocycles. The molecule has 0 fully saturated rings. The van der Waals surface area contributed by atoms with Crippen LogP contribution in [0.2, 0.25) is 0 Å². The van der Waals surface area contributed by atoms with Gasteiger partial charge in [-0.2, -0.15) is 8.42 Å². The minimum absolute atomic E-state index is 0.133. The summed E-state index contributed by atoms with van der Waals surface area (Å²) in [6.07, 6.45) is 0. The molecule has 100 valence electrons. The zero-order valence-electron chi connectivity index (χ0n) is 9.86. The second kappa shape index (κ2) is 5.12. The van der Waals surface area contributed by atoms with Crippen molar-refractivity contribution in [2.75, 3.05) is 0 Å². The average Bonchev–Trinajstić information content (AvgIpc) is 2.72. The lowest BCUT2D eigenvalue weighted by Gasteiger charge is -2.05. The molecule has 0 bridgehead atoms. The summed E-state index contributed by atoms with van der Waals surface area (Å²) in [5, 5.41) is 1.25. The molecule has 0 saturated heterocycles. The Labute approximate surface area is 114 Å². The third-order valence-corrected chi connectivity index (χ3v) is 4.29. The summed E-state index contributed by atoms with van der Waals surface area (Å²) < 4.78 is 36.6. The third kappa shape index (κ3) is 3.01. The summed E-state index contributed by atoms with van der Waals surface area (Å²) in [6, 6.07) is 8.88. The predicted molar refractivity (Wildman–Crippen MR) is 70.9 cm³/mol. The molecule has 5 nitrogen and oxygen atoms in total. The van der Waals surface area contributed by atoms with Gasteiger partial charge in [0, 0.05) is 12.3 Å². The number of esters is 1. The zero-order valence-corrected chi connectivity index (χ0v) is 11.5. The number of hydrogen-bond donors (Lipinski definition) is 1. The number of thiophene rings is 1. The van der Waals surface area contributed by atoms with E-state index in [9.17, 15) is 13.2 Å². The number of benzene rings is 1. The molecule has 2 aromatic rings. The lowest BCUT2D eigenvalue weighted by molar-refractivity contribution is -0.131. The van der Waals surface area contributed by atoms with Crippen molar-refractivity contribution in [2.45, 2.75) is 11.8 Å². The van der Waals surface area contributed by atoms with Crippen molar-refractivity contribution < 1.29 is 22.5 Å². The second-order valence-electron chi connectivity index (χ2n) is 3.69. The predicted octanol–water partition coefficient (Wildman–Crippen LogP) is 2.59. The number of rotatable bonds is 3. The molecule has 0 aliphatic heterocycles. The minimum Gasteiger partial charge on any atom is -0.424 e. The number of hydrogen-bond acceptors (Lipinski definition) is 5. The first-order valence-electron chi connectivity index (χ1n) is 5.22. The van der Waals surface area contributed by atoms with Crippen LogP contribution in [0.4, 0.5) is 0 Å². The molecule has 0 aliphatic rings. The molecule has 0 radical (unpaired) electrons. The smallest absolute Gasteiger partial charge is 0.308 e. The van der Waals surface area contributed by atoms with E-state index in [0.717, 1.165) is 11.3 Å². The second-order valence-corrected chi connectivity index (χ2v) is 5.96. The van der Waals surface area contributed by atoms with E-state index in [-0.39, 0.29) is 5.75 Å². The molecule has 0 aliphatic carbocycles. The standard InChI is InChI=1S/C12H10O5S2/c1-8(13)17-11-10(19(14,15)16)7-18-12(11)9-5-3-2-4-6-9/h2-7H,1H3,(H,14,15,16). The Kier molecular flexibility index (Phi) is 3.70. The highest BCUT2D eigenvalue weighted by Crippen LogP contribution is 2.41. The van der Waals surface area contributed by atoms with Crippen LogP contribution < -0.4 is 4.74 Å². The molecule has 0 amide bonds. The van der Waals surface area contributed by atoms with Crippen LogP contribution in [0.15, 0.2) is 40.6 Å². The Hall–Kier alpha value is -1.70. The van der Waals surface area contributed by atoms with Crippen LogP contribution in [0.5, 0.6) is 5.75 Å². The monoisotopic (exact) mass is 298 g/mol. The normalized spacial score (nSPS) is 11.3. The van der Waals surface area contributed by atoms with Crippen LogP contribution in [0, 0.1) is 0 Å². The van der Waals surface area contributed by atoms with Crippen molar-refractivity contribution in [1.82, 2.24) is 0 Å². The van der Waals surface area contributed by atoms with Crippen molar-refractivity contribution in [3.05, 3.63) is 35.7 Å². The minimum atomic E-state index is -4.43. The molecular weight excluding hydrogens is 288 g/mol. The van der Waals surface area contributed by atoms with Gasteiger partial charge in [0.05, 0.1) is 4.88 Å². The van der Waals surface area contributed by atoms with Gasteiger partial charge in [-0.15, -0.1) is 11.3 Å². The number of ether oxygens (including phenoxy) is 1. The molecule has 1 aromatic carbocycles. The maximum atomic E-state index is 11.3. The largest absolute Gasteiger partial charge is 0.424 e. The van der Waals surface area contributed by atoms with E-state index < -0.39 is 21.0 Å². The van der Waals surface area contributed by atoms with Crippen LogP contribution in [-0.2, 0) is 14.9 Å². The quantitative estimate of drug-likeness (QED) is 0.696. The zero-order chi connectivity index (χ0) is 14.0. The van der Waals surface area contributed by atoms with Gasteiger partial charge in [0.2, 0.25) is 0 Å². The summed E-state index contributed by atoms with van der Waals surface area (Å²) in [5.41, 5.74) is 0.707.